The Morgan fingerprint density at radius 3 is 2.75 bits per heavy atom. The summed E-state index contributed by atoms with van der Waals surface area (Å²) in [7, 11) is 1.58. The lowest BCUT2D eigenvalue weighted by molar-refractivity contribution is 0.0975. The number of carbonyl (C=O) groups excluding carboxylic acids is 1. The Labute approximate surface area is 166 Å². The summed E-state index contributed by atoms with van der Waals surface area (Å²) in [5, 5.41) is 6.09. The third-order valence-corrected chi connectivity index (χ3v) is 4.67. The van der Waals surface area contributed by atoms with Gasteiger partial charge in [-0.1, -0.05) is 25.1 Å². The van der Waals surface area contributed by atoms with Crippen LogP contribution in [0.3, 0.4) is 0 Å². The van der Waals surface area contributed by atoms with Gasteiger partial charge in [0.25, 0.3) is 5.91 Å². The second-order valence-corrected chi connectivity index (χ2v) is 6.69. The zero-order valence-electron chi connectivity index (χ0n) is 16.4. The van der Waals surface area contributed by atoms with E-state index in [1.807, 2.05) is 12.1 Å². The highest BCUT2D eigenvalue weighted by Gasteiger charge is 2.16. The van der Waals surface area contributed by atoms with Crippen LogP contribution >= 0.6 is 0 Å². The molecule has 28 heavy (non-hydrogen) atoms. The zero-order chi connectivity index (χ0) is 19.8. The van der Waals surface area contributed by atoms with E-state index in [2.05, 4.69) is 34.7 Å². The molecule has 1 amide bonds. The van der Waals surface area contributed by atoms with Gasteiger partial charge in [0.2, 0.25) is 5.96 Å². The van der Waals surface area contributed by atoms with Crippen molar-refractivity contribution in [2.75, 3.05) is 25.6 Å². The maximum Gasteiger partial charge on any atom is 0.258 e. The largest absolute Gasteiger partial charge is 0.497 e. The van der Waals surface area contributed by atoms with Crippen LogP contribution in [0.15, 0.2) is 53.5 Å². The van der Waals surface area contributed by atoms with Crippen LogP contribution in [0.25, 0.3) is 0 Å². The summed E-state index contributed by atoms with van der Waals surface area (Å²) >= 11 is 0. The molecular weight excluding hydrogens is 354 g/mol. The van der Waals surface area contributed by atoms with E-state index in [9.17, 15) is 4.79 Å². The van der Waals surface area contributed by atoms with E-state index in [0.29, 0.717) is 23.8 Å². The highest BCUT2D eigenvalue weighted by Crippen LogP contribution is 2.14. The summed E-state index contributed by atoms with van der Waals surface area (Å²) in [5.74, 6) is 0.795. The van der Waals surface area contributed by atoms with E-state index in [-0.39, 0.29) is 12.0 Å². The van der Waals surface area contributed by atoms with E-state index in [1.54, 1.807) is 31.4 Å². The van der Waals surface area contributed by atoms with Crippen molar-refractivity contribution in [1.82, 2.24) is 5.32 Å². The summed E-state index contributed by atoms with van der Waals surface area (Å²) in [6, 6.07) is 15.1. The number of ether oxygens (including phenoxy) is 2. The average Bonchev–Trinajstić information content (AvgIpc) is 3.26. The first-order valence-electron chi connectivity index (χ1n) is 9.65. The first-order chi connectivity index (χ1) is 13.7. The van der Waals surface area contributed by atoms with E-state index < -0.39 is 0 Å². The number of amides is 1. The maximum atomic E-state index is 12.7. The fourth-order valence-corrected chi connectivity index (χ4v) is 3.00. The highest BCUT2D eigenvalue weighted by atomic mass is 16.5. The molecule has 3 rings (SSSR count). The molecule has 0 aromatic heterocycles. The average molecular weight is 381 g/mol. The Morgan fingerprint density at radius 2 is 2.07 bits per heavy atom. The molecule has 2 aromatic rings. The third-order valence-electron chi connectivity index (χ3n) is 4.67. The normalized spacial score (nSPS) is 16.6. The Hall–Kier alpha value is -2.86. The van der Waals surface area contributed by atoms with Crippen molar-refractivity contribution in [2.45, 2.75) is 32.3 Å². The van der Waals surface area contributed by atoms with E-state index >= 15 is 0 Å². The Kier molecular flexibility index (Phi) is 7.03. The van der Waals surface area contributed by atoms with E-state index in [0.717, 1.165) is 31.6 Å². The molecule has 0 unspecified atom stereocenters. The van der Waals surface area contributed by atoms with Crippen LogP contribution in [0.4, 0.5) is 5.69 Å². The monoisotopic (exact) mass is 381 g/mol. The summed E-state index contributed by atoms with van der Waals surface area (Å²) in [5.41, 5.74) is 2.63. The van der Waals surface area contributed by atoms with Crippen LogP contribution in [0, 0.1) is 0 Å². The molecule has 1 aliphatic rings. The SMILES string of the molecule is CCc1ccc(NC(=NC[C@H]2CCCO2)NC(=O)c2cccc(OC)c2)cc1. The molecular formula is C22H27N3O3. The predicted molar refractivity (Wildman–Crippen MR) is 111 cm³/mol. The molecule has 1 saturated heterocycles. The van der Waals surface area contributed by atoms with Gasteiger partial charge >= 0.3 is 0 Å². The molecule has 1 fully saturated rings. The molecule has 0 radical (unpaired) electrons. The summed E-state index contributed by atoms with van der Waals surface area (Å²) in [4.78, 5) is 17.3. The molecule has 0 saturated carbocycles. The van der Waals surface area contributed by atoms with Gasteiger partial charge < -0.3 is 14.8 Å². The number of nitrogens with one attached hydrogen (secondary N) is 2. The molecule has 6 heteroatoms. The molecule has 0 bridgehead atoms. The van der Waals surface area contributed by atoms with Crippen LogP contribution in [0.5, 0.6) is 5.75 Å². The lowest BCUT2D eigenvalue weighted by atomic mass is 10.1. The summed E-state index contributed by atoms with van der Waals surface area (Å²) in [6.07, 6.45) is 3.13. The van der Waals surface area contributed by atoms with Crippen molar-refractivity contribution >= 4 is 17.6 Å². The number of carbonyl (C=O) groups is 1. The fourth-order valence-electron chi connectivity index (χ4n) is 3.00. The lowest BCUT2D eigenvalue weighted by Crippen LogP contribution is -2.36. The number of hydrogen-bond donors (Lipinski definition) is 2. The number of rotatable bonds is 6. The van der Waals surface area contributed by atoms with Crippen LogP contribution in [-0.4, -0.2) is 38.2 Å². The zero-order valence-corrected chi connectivity index (χ0v) is 16.4. The summed E-state index contributed by atoms with van der Waals surface area (Å²) < 4.78 is 10.8. The molecule has 2 N–H and O–H groups in total. The van der Waals surface area contributed by atoms with Gasteiger partial charge in [-0.2, -0.15) is 0 Å². The van der Waals surface area contributed by atoms with Gasteiger partial charge in [-0.3, -0.25) is 10.1 Å². The number of hydrogen-bond acceptors (Lipinski definition) is 4. The van der Waals surface area contributed by atoms with Gasteiger partial charge in [-0.05, 0) is 55.2 Å². The number of methoxy groups -OCH3 is 1. The van der Waals surface area contributed by atoms with E-state index in [1.165, 1.54) is 5.56 Å². The minimum atomic E-state index is -0.248. The van der Waals surface area contributed by atoms with Crippen molar-refractivity contribution in [3.8, 4) is 5.75 Å². The number of aryl methyl sites for hydroxylation is 1. The fraction of sp³-hybridized carbons (Fsp3) is 0.364. The van der Waals surface area contributed by atoms with Crippen LogP contribution < -0.4 is 15.4 Å². The van der Waals surface area contributed by atoms with Crippen molar-refractivity contribution in [3.05, 3.63) is 59.7 Å². The number of nitrogens with zero attached hydrogens (tertiary/aromatic N) is 1. The first-order valence-corrected chi connectivity index (χ1v) is 9.65. The molecule has 6 nitrogen and oxygen atoms in total. The second kappa shape index (κ2) is 9.90. The Morgan fingerprint density at radius 1 is 1.25 bits per heavy atom. The van der Waals surface area contributed by atoms with Gasteiger partial charge in [0.05, 0.1) is 19.8 Å². The molecule has 0 aliphatic carbocycles. The molecule has 148 valence electrons. The van der Waals surface area contributed by atoms with Crippen molar-refractivity contribution in [2.24, 2.45) is 4.99 Å². The van der Waals surface area contributed by atoms with Crippen molar-refractivity contribution in [1.29, 1.82) is 0 Å². The number of benzene rings is 2. The van der Waals surface area contributed by atoms with Gasteiger partial charge in [-0.15, -0.1) is 0 Å². The molecule has 1 aliphatic heterocycles. The van der Waals surface area contributed by atoms with Gasteiger partial charge in [0.1, 0.15) is 5.75 Å². The first kappa shape index (κ1) is 19.9. The molecule has 2 aromatic carbocycles. The summed E-state index contributed by atoms with van der Waals surface area (Å²) in [6.45, 7) is 3.40. The number of guanidine groups is 1. The third kappa shape index (κ3) is 5.57. The minimum absolute atomic E-state index is 0.105. The van der Waals surface area contributed by atoms with Crippen LogP contribution in [-0.2, 0) is 11.2 Å². The van der Waals surface area contributed by atoms with Gasteiger partial charge in [0.15, 0.2) is 0 Å². The Balaban J connectivity index is 1.73. The predicted octanol–water partition coefficient (Wildman–Crippen LogP) is 3.63. The van der Waals surface area contributed by atoms with Crippen LogP contribution in [0.2, 0.25) is 0 Å². The van der Waals surface area contributed by atoms with Crippen molar-refractivity contribution in [3.63, 3.8) is 0 Å². The maximum absolute atomic E-state index is 12.7. The highest BCUT2D eigenvalue weighted by molar-refractivity contribution is 6.10. The number of aliphatic imine (C=N–C) groups is 1. The van der Waals surface area contributed by atoms with Gasteiger partial charge in [0, 0.05) is 17.9 Å². The second-order valence-electron chi connectivity index (χ2n) is 6.69. The number of anilines is 1. The molecule has 1 heterocycles. The topological polar surface area (TPSA) is 72.0 Å². The van der Waals surface area contributed by atoms with Gasteiger partial charge in [-0.25, -0.2) is 4.99 Å². The van der Waals surface area contributed by atoms with E-state index in [4.69, 9.17) is 9.47 Å². The standard InChI is InChI=1S/C22H27N3O3/c1-3-16-9-11-18(12-10-16)24-22(23-15-20-8-5-13-28-20)25-21(26)17-6-4-7-19(14-17)27-2/h4,6-7,9-12,14,20H,3,5,8,13,15H2,1-2H3,(H2,23,24,25,26)/t20-/m1/s1. The molecule has 0 spiro atoms. The van der Waals surface area contributed by atoms with Crippen LogP contribution in [0.1, 0.15) is 35.7 Å². The van der Waals surface area contributed by atoms with Crippen molar-refractivity contribution < 1.29 is 14.3 Å². The molecule has 1 atom stereocenters. The Bertz CT molecular complexity index is 812. The lowest BCUT2D eigenvalue weighted by Gasteiger charge is -2.14. The smallest absolute Gasteiger partial charge is 0.258 e. The quantitative estimate of drug-likeness (QED) is 0.592. The minimum Gasteiger partial charge on any atom is -0.497 e.